The molecule has 0 amide bonds. The zero-order valence-corrected chi connectivity index (χ0v) is 11.6. The molecule has 108 valence electrons. The predicted octanol–water partition coefficient (Wildman–Crippen LogP) is 3.79. The number of ether oxygens (including phenoxy) is 1. The number of hydrogen-bond acceptors (Lipinski definition) is 5. The van der Waals surface area contributed by atoms with Crippen molar-refractivity contribution in [2.45, 2.75) is 0 Å². The number of carboxylic acids is 1. The summed E-state index contributed by atoms with van der Waals surface area (Å²) in [5, 5.41) is 19.3. The zero-order chi connectivity index (χ0) is 15.6. The minimum Gasteiger partial charge on any atom is -0.477 e. The number of aromatic nitrogens is 1. The molecule has 0 atom stereocenters. The fraction of sp³-hybridized carbons (Fsp3) is 0. The van der Waals surface area contributed by atoms with E-state index in [4.69, 9.17) is 33.0 Å². The fourth-order valence-electron chi connectivity index (χ4n) is 1.44. The van der Waals surface area contributed by atoms with Crippen LogP contribution in [0.1, 0.15) is 10.5 Å². The van der Waals surface area contributed by atoms with E-state index in [1.165, 1.54) is 18.2 Å². The van der Waals surface area contributed by atoms with E-state index in [-0.39, 0.29) is 33.1 Å². The van der Waals surface area contributed by atoms with Crippen molar-refractivity contribution >= 4 is 34.9 Å². The first-order valence-electron chi connectivity index (χ1n) is 5.40. The number of halogens is 2. The molecule has 9 heteroatoms. The normalized spacial score (nSPS) is 10.2. The maximum Gasteiger partial charge on any atom is 0.354 e. The van der Waals surface area contributed by atoms with Crippen LogP contribution in [0, 0.1) is 10.1 Å². The molecule has 0 aliphatic heterocycles. The number of rotatable bonds is 4. The van der Waals surface area contributed by atoms with Gasteiger partial charge in [0, 0.05) is 18.2 Å². The first-order chi connectivity index (χ1) is 9.88. The third-order valence-corrected chi connectivity index (χ3v) is 2.90. The zero-order valence-electron chi connectivity index (χ0n) is 10.1. The Morgan fingerprint density at radius 1 is 1.29 bits per heavy atom. The molecule has 7 nitrogen and oxygen atoms in total. The van der Waals surface area contributed by atoms with Crippen molar-refractivity contribution in [1.82, 2.24) is 4.98 Å². The van der Waals surface area contributed by atoms with E-state index in [9.17, 15) is 14.9 Å². The van der Waals surface area contributed by atoms with Crippen LogP contribution >= 0.6 is 23.2 Å². The Kier molecular flexibility index (Phi) is 4.25. The van der Waals surface area contributed by atoms with Crippen LogP contribution in [0.4, 0.5) is 5.69 Å². The van der Waals surface area contributed by atoms with Gasteiger partial charge in [0.2, 0.25) is 5.88 Å². The van der Waals surface area contributed by atoms with Crippen LogP contribution in [0.5, 0.6) is 11.6 Å². The average Bonchev–Trinajstić information content (AvgIpc) is 2.42. The van der Waals surface area contributed by atoms with Crippen LogP contribution in [0.25, 0.3) is 0 Å². The van der Waals surface area contributed by atoms with E-state index in [2.05, 4.69) is 4.98 Å². The number of hydrogen-bond donors (Lipinski definition) is 1. The van der Waals surface area contributed by atoms with Crippen LogP contribution in [0.2, 0.25) is 10.0 Å². The van der Waals surface area contributed by atoms with Crippen LogP contribution < -0.4 is 4.74 Å². The lowest BCUT2D eigenvalue weighted by molar-refractivity contribution is -0.384. The number of nitro groups is 1. The first kappa shape index (κ1) is 15.0. The Balaban J connectivity index is 2.38. The first-order valence-corrected chi connectivity index (χ1v) is 6.15. The van der Waals surface area contributed by atoms with Crippen molar-refractivity contribution in [3.63, 3.8) is 0 Å². The van der Waals surface area contributed by atoms with Gasteiger partial charge in [-0.25, -0.2) is 9.78 Å². The fourth-order valence-corrected chi connectivity index (χ4v) is 2.00. The molecule has 2 rings (SSSR count). The molecule has 21 heavy (non-hydrogen) atoms. The summed E-state index contributed by atoms with van der Waals surface area (Å²) in [6.45, 7) is 0. The Morgan fingerprint density at radius 3 is 2.43 bits per heavy atom. The van der Waals surface area contributed by atoms with Gasteiger partial charge in [-0.15, -0.1) is 0 Å². The molecule has 0 aliphatic rings. The van der Waals surface area contributed by atoms with Crippen molar-refractivity contribution in [3.8, 4) is 11.6 Å². The molecule has 0 fully saturated rings. The summed E-state index contributed by atoms with van der Waals surface area (Å²) in [5.41, 5.74) is -0.508. The minimum absolute atomic E-state index is 0.0426. The van der Waals surface area contributed by atoms with Gasteiger partial charge in [0.15, 0.2) is 11.4 Å². The van der Waals surface area contributed by atoms with E-state index in [1.54, 1.807) is 0 Å². The number of non-ortho nitro benzene ring substituents is 1. The Labute approximate surface area is 127 Å². The van der Waals surface area contributed by atoms with Crippen molar-refractivity contribution in [1.29, 1.82) is 0 Å². The summed E-state index contributed by atoms with van der Waals surface area (Å²) >= 11 is 11.7. The summed E-state index contributed by atoms with van der Waals surface area (Å²) in [4.78, 5) is 24.6. The van der Waals surface area contributed by atoms with Gasteiger partial charge in [0.05, 0.1) is 15.0 Å². The minimum atomic E-state index is -1.22. The van der Waals surface area contributed by atoms with Gasteiger partial charge >= 0.3 is 5.97 Å². The maximum absolute atomic E-state index is 10.8. The van der Waals surface area contributed by atoms with Crippen LogP contribution in [0.15, 0.2) is 30.3 Å². The lowest BCUT2D eigenvalue weighted by Gasteiger charge is -2.08. The van der Waals surface area contributed by atoms with Gasteiger partial charge in [-0.3, -0.25) is 10.1 Å². The second kappa shape index (κ2) is 5.94. The monoisotopic (exact) mass is 328 g/mol. The Bertz CT molecular complexity index is 712. The third-order valence-electron chi connectivity index (χ3n) is 2.34. The largest absolute Gasteiger partial charge is 0.477 e. The van der Waals surface area contributed by atoms with E-state index in [1.807, 2.05) is 0 Å². The average molecular weight is 329 g/mol. The van der Waals surface area contributed by atoms with Crippen molar-refractivity contribution in [3.05, 3.63) is 56.2 Å². The standard InChI is InChI=1S/C12H6Cl2N2O5/c13-7-4-6(16(19)20)5-8(14)11(7)21-10-3-1-2-9(15-10)12(17)18/h1-5H,(H,17,18). The second-order valence-electron chi connectivity index (χ2n) is 3.76. The van der Waals surface area contributed by atoms with E-state index < -0.39 is 10.9 Å². The molecule has 0 unspecified atom stereocenters. The number of benzene rings is 1. The highest BCUT2D eigenvalue weighted by atomic mass is 35.5. The van der Waals surface area contributed by atoms with Crippen LogP contribution in [0.3, 0.4) is 0 Å². The molecule has 1 heterocycles. The summed E-state index contributed by atoms with van der Waals surface area (Å²) in [7, 11) is 0. The molecule has 0 bridgehead atoms. The lowest BCUT2D eigenvalue weighted by atomic mass is 10.3. The molecule has 0 radical (unpaired) electrons. The summed E-state index contributed by atoms with van der Waals surface area (Å²) in [6.07, 6.45) is 0. The number of carboxylic acid groups (broad SMARTS) is 1. The highest BCUT2D eigenvalue weighted by molar-refractivity contribution is 6.37. The smallest absolute Gasteiger partial charge is 0.354 e. The molecule has 1 aromatic carbocycles. The lowest BCUT2D eigenvalue weighted by Crippen LogP contribution is -2.01. The number of carbonyl (C=O) groups is 1. The van der Waals surface area contributed by atoms with Crippen molar-refractivity contribution in [2.75, 3.05) is 0 Å². The number of nitro benzene ring substituents is 1. The van der Waals surface area contributed by atoms with E-state index >= 15 is 0 Å². The van der Waals surface area contributed by atoms with E-state index in [0.29, 0.717) is 0 Å². The van der Waals surface area contributed by atoms with Crippen LogP contribution in [-0.2, 0) is 0 Å². The molecule has 1 N–H and O–H groups in total. The summed E-state index contributed by atoms with van der Waals surface area (Å²) < 4.78 is 5.30. The highest BCUT2D eigenvalue weighted by Crippen LogP contribution is 2.38. The number of pyridine rings is 1. The van der Waals surface area contributed by atoms with Gasteiger partial charge in [-0.1, -0.05) is 29.3 Å². The Hall–Kier alpha value is -2.38. The van der Waals surface area contributed by atoms with Gasteiger partial charge < -0.3 is 9.84 Å². The quantitative estimate of drug-likeness (QED) is 0.676. The molecular weight excluding hydrogens is 323 g/mol. The predicted molar refractivity (Wildman–Crippen MR) is 74.4 cm³/mol. The van der Waals surface area contributed by atoms with Gasteiger partial charge in [-0.05, 0) is 6.07 Å². The maximum atomic E-state index is 10.8. The van der Waals surface area contributed by atoms with Crippen molar-refractivity contribution in [2.24, 2.45) is 0 Å². The molecule has 0 aliphatic carbocycles. The van der Waals surface area contributed by atoms with Gasteiger partial charge in [-0.2, -0.15) is 0 Å². The SMILES string of the molecule is O=C(O)c1cccc(Oc2c(Cl)cc([N+](=O)[O-])cc2Cl)n1. The second-order valence-corrected chi connectivity index (χ2v) is 4.58. The van der Waals surface area contributed by atoms with Gasteiger partial charge in [0.1, 0.15) is 0 Å². The molecule has 0 saturated carbocycles. The molecule has 0 saturated heterocycles. The van der Waals surface area contributed by atoms with Crippen LogP contribution in [-0.4, -0.2) is 21.0 Å². The third kappa shape index (κ3) is 3.39. The highest BCUT2D eigenvalue weighted by Gasteiger charge is 2.17. The molecular formula is C12H6Cl2N2O5. The summed E-state index contributed by atoms with van der Waals surface area (Å²) in [6, 6.07) is 6.27. The topological polar surface area (TPSA) is 103 Å². The Morgan fingerprint density at radius 2 is 1.90 bits per heavy atom. The van der Waals surface area contributed by atoms with Gasteiger partial charge in [0.25, 0.3) is 5.69 Å². The molecule has 2 aromatic rings. The van der Waals surface area contributed by atoms with E-state index in [0.717, 1.165) is 12.1 Å². The number of nitrogens with zero attached hydrogens (tertiary/aromatic N) is 2. The summed E-state index contributed by atoms with van der Waals surface area (Å²) in [5.74, 6) is -1.31. The van der Waals surface area contributed by atoms with Crippen molar-refractivity contribution < 1.29 is 19.6 Å². The molecule has 0 spiro atoms. The number of aromatic carboxylic acids is 1. The molecule has 1 aromatic heterocycles.